The monoisotopic (exact) mass is 578 g/mol. The van der Waals surface area contributed by atoms with Crippen LogP contribution in [0.15, 0.2) is 18.5 Å². The molecule has 0 saturated carbocycles. The quantitative estimate of drug-likeness (QED) is 0.491. The Bertz CT molecular complexity index is 1280. The van der Waals surface area contributed by atoms with E-state index in [1.54, 1.807) is 49.2 Å². The Morgan fingerprint density at radius 1 is 1.10 bits per heavy atom. The van der Waals surface area contributed by atoms with Gasteiger partial charge in [-0.2, -0.15) is 5.10 Å². The van der Waals surface area contributed by atoms with Crippen molar-refractivity contribution in [1.82, 2.24) is 24.4 Å². The molecule has 0 aromatic carbocycles. The van der Waals surface area contributed by atoms with Crippen LogP contribution in [0.5, 0.6) is 0 Å². The van der Waals surface area contributed by atoms with Crippen LogP contribution in [0.1, 0.15) is 58.8 Å². The number of anilines is 1. The van der Waals surface area contributed by atoms with Crippen molar-refractivity contribution in [3.63, 3.8) is 0 Å². The van der Waals surface area contributed by atoms with Crippen LogP contribution in [0.3, 0.4) is 0 Å². The number of esters is 2. The molecule has 5 rings (SSSR count). The zero-order valence-corrected chi connectivity index (χ0v) is 24.3. The summed E-state index contributed by atoms with van der Waals surface area (Å²) in [7, 11) is 1.99. The van der Waals surface area contributed by atoms with Crippen molar-refractivity contribution in [3.05, 3.63) is 24.2 Å². The van der Waals surface area contributed by atoms with Gasteiger partial charge in [-0.05, 0) is 45.1 Å². The third kappa shape index (κ3) is 5.76. The molecule has 3 saturated heterocycles. The Morgan fingerprint density at radius 3 is 2.37 bits per heavy atom. The van der Waals surface area contributed by atoms with Gasteiger partial charge in [0.2, 0.25) is 0 Å². The minimum absolute atomic E-state index is 0.0853. The smallest absolute Gasteiger partial charge is 0.308 e. The molecule has 2 N–H and O–H groups in total. The molecule has 3 aliphatic rings. The summed E-state index contributed by atoms with van der Waals surface area (Å²) in [5, 5.41) is 4.32. The highest BCUT2D eigenvalue weighted by Crippen LogP contribution is 2.47. The second-order valence-corrected chi connectivity index (χ2v) is 12.3. The first-order valence-electron chi connectivity index (χ1n) is 14.3. The van der Waals surface area contributed by atoms with E-state index in [2.05, 4.69) is 15.0 Å². The van der Waals surface area contributed by atoms with E-state index in [4.69, 9.17) is 19.9 Å². The number of hydrogen-bond acceptors (Lipinski definition) is 10. The summed E-state index contributed by atoms with van der Waals surface area (Å²) in [4.78, 5) is 33.8. The Balaban J connectivity index is 1.53. The highest BCUT2D eigenvalue weighted by Gasteiger charge is 2.58. The molecule has 226 valence electrons. The van der Waals surface area contributed by atoms with Gasteiger partial charge in [0.05, 0.1) is 24.1 Å². The Labute approximate surface area is 238 Å². The number of rotatable bonds is 7. The molecule has 11 nitrogen and oxygen atoms in total. The van der Waals surface area contributed by atoms with E-state index in [1.165, 1.54) is 6.33 Å². The number of nitrogen functional groups attached to an aromatic ring is 1. The number of likely N-dealkylation sites (tertiary alicyclic amines) is 2. The lowest BCUT2D eigenvalue weighted by Gasteiger charge is -2.44. The second kappa shape index (κ2) is 11.1. The van der Waals surface area contributed by atoms with Crippen LogP contribution in [0, 0.1) is 11.8 Å². The summed E-state index contributed by atoms with van der Waals surface area (Å²) in [5.74, 6) is -4.52. The molecule has 13 heteroatoms. The number of carbonyl (C=O) groups excluding carboxylic acids is 2. The molecule has 0 unspecified atom stereocenters. The number of alkyl halides is 2. The number of fused-ring (bicyclic) bond motifs is 1. The maximum atomic E-state index is 15.0. The predicted octanol–water partition coefficient (Wildman–Crippen LogP) is 2.69. The number of nitrogens with two attached hydrogens (primary N) is 1. The molecule has 0 aliphatic carbocycles. The molecule has 4 atom stereocenters. The Hall–Kier alpha value is -2.90. The van der Waals surface area contributed by atoms with Gasteiger partial charge in [0.25, 0.3) is 5.92 Å². The van der Waals surface area contributed by atoms with Gasteiger partial charge in [0.1, 0.15) is 24.1 Å². The summed E-state index contributed by atoms with van der Waals surface area (Å²) in [5.41, 5.74) is 6.40. The number of carbonyl (C=O) groups is 2. The van der Waals surface area contributed by atoms with Crippen molar-refractivity contribution in [2.75, 3.05) is 39.0 Å². The minimum Gasteiger partial charge on any atom is -0.455 e. The predicted molar refractivity (Wildman–Crippen MR) is 145 cm³/mol. The van der Waals surface area contributed by atoms with Gasteiger partial charge in [0, 0.05) is 18.5 Å². The lowest BCUT2D eigenvalue weighted by molar-refractivity contribution is -0.171. The van der Waals surface area contributed by atoms with Crippen molar-refractivity contribution < 1.29 is 32.6 Å². The van der Waals surface area contributed by atoms with Crippen LogP contribution in [-0.4, -0.2) is 99.3 Å². The van der Waals surface area contributed by atoms with Crippen molar-refractivity contribution in [2.24, 2.45) is 11.8 Å². The number of nitrogens with zero attached hydrogens (tertiary/aromatic N) is 5. The normalized spacial score (nSPS) is 28.2. The standard InChI is InChI=1S/C28H40F2N6O5/c1-16(2)25(37)40-22-20(12-35-14-28(29,30)13-27(35)8-10-34(5)11-9-27)39-21(23(22)41-26(38)17(3)4)18-6-7-19-24(31)32-15-33-36(18)19/h6-7,15-17,20-23H,8-14H2,1-5H3,(H2,31,32,33)/t20-,21+,22-,23+/m1/s1. The van der Waals surface area contributed by atoms with Crippen LogP contribution in [0.25, 0.3) is 5.52 Å². The molecule has 0 amide bonds. The van der Waals surface area contributed by atoms with Crippen LogP contribution >= 0.6 is 0 Å². The van der Waals surface area contributed by atoms with E-state index in [9.17, 15) is 18.4 Å². The van der Waals surface area contributed by atoms with Crippen molar-refractivity contribution in [2.45, 2.75) is 82.8 Å². The van der Waals surface area contributed by atoms with Crippen LogP contribution in [0.2, 0.25) is 0 Å². The molecule has 3 fully saturated rings. The largest absolute Gasteiger partial charge is 0.455 e. The number of ether oxygens (including phenoxy) is 3. The molecule has 0 radical (unpaired) electrons. The van der Waals surface area contributed by atoms with Crippen LogP contribution < -0.4 is 5.73 Å². The molecule has 2 aromatic rings. The zero-order chi connectivity index (χ0) is 29.7. The number of halogens is 2. The number of aromatic nitrogens is 3. The highest BCUT2D eigenvalue weighted by atomic mass is 19.3. The SMILES string of the molecule is CC(C)C(=O)O[C@@H]1[C@H](OC(=O)C(C)C)[C@@H](CN2CC(F)(F)CC23CCN(C)CC3)O[C@H]1c1ccc2c(N)ncnn12. The first-order valence-corrected chi connectivity index (χ1v) is 14.3. The van der Waals surface area contributed by atoms with Gasteiger partial charge in [-0.1, -0.05) is 27.7 Å². The third-order valence-corrected chi connectivity index (χ3v) is 8.56. The average molecular weight is 579 g/mol. The molecule has 2 aromatic heterocycles. The molecule has 41 heavy (non-hydrogen) atoms. The maximum Gasteiger partial charge on any atom is 0.308 e. The van der Waals surface area contributed by atoms with Crippen molar-refractivity contribution in [1.29, 1.82) is 0 Å². The fraction of sp³-hybridized carbons (Fsp3) is 0.714. The van der Waals surface area contributed by atoms with Crippen molar-refractivity contribution >= 4 is 23.3 Å². The van der Waals surface area contributed by atoms with E-state index >= 15 is 0 Å². The summed E-state index contributed by atoms with van der Waals surface area (Å²) in [6, 6.07) is 3.47. The topological polar surface area (TPSA) is 125 Å². The lowest BCUT2D eigenvalue weighted by Crippen LogP contribution is -2.54. The van der Waals surface area contributed by atoms with Gasteiger partial charge < -0.3 is 24.8 Å². The van der Waals surface area contributed by atoms with Gasteiger partial charge in [0.15, 0.2) is 18.0 Å². The van der Waals surface area contributed by atoms with E-state index in [0.717, 1.165) is 0 Å². The van der Waals surface area contributed by atoms with E-state index in [-0.39, 0.29) is 18.8 Å². The minimum atomic E-state index is -2.85. The van der Waals surface area contributed by atoms with Crippen molar-refractivity contribution in [3.8, 4) is 0 Å². The molecular weight excluding hydrogens is 538 g/mol. The van der Waals surface area contributed by atoms with E-state index < -0.39 is 66.2 Å². The van der Waals surface area contributed by atoms with Gasteiger partial charge >= 0.3 is 11.9 Å². The maximum absolute atomic E-state index is 15.0. The summed E-state index contributed by atoms with van der Waals surface area (Å²) in [6.07, 6.45) is -1.55. The molecular formula is C28H40F2N6O5. The fourth-order valence-corrected chi connectivity index (χ4v) is 6.21. The Kier molecular flexibility index (Phi) is 7.99. The van der Waals surface area contributed by atoms with Crippen LogP contribution in [-0.2, 0) is 23.8 Å². The second-order valence-electron chi connectivity index (χ2n) is 12.3. The molecule has 3 aliphatic heterocycles. The molecule has 5 heterocycles. The summed E-state index contributed by atoms with van der Waals surface area (Å²) < 4.78 is 50.0. The third-order valence-electron chi connectivity index (χ3n) is 8.56. The number of hydrogen-bond donors (Lipinski definition) is 1. The molecule has 1 spiro atoms. The average Bonchev–Trinajstić information content (AvgIpc) is 3.54. The van der Waals surface area contributed by atoms with Crippen LogP contribution in [0.4, 0.5) is 14.6 Å². The number of piperidine rings is 1. The lowest BCUT2D eigenvalue weighted by atomic mass is 9.84. The summed E-state index contributed by atoms with van der Waals surface area (Å²) in [6.45, 7) is 7.90. The van der Waals surface area contributed by atoms with Gasteiger partial charge in [-0.3, -0.25) is 14.5 Å². The first kappa shape index (κ1) is 29.6. The van der Waals surface area contributed by atoms with Gasteiger partial charge in [-0.15, -0.1) is 0 Å². The zero-order valence-electron chi connectivity index (χ0n) is 24.3. The van der Waals surface area contributed by atoms with Gasteiger partial charge in [-0.25, -0.2) is 18.3 Å². The van der Waals surface area contributed by atoms with E-state index in [0.29, 0.717) is 37.1 Å². The molecule has 0 bridgehead atoms. The summed E-state index contributed by atoms with van der Waals surface area (Å²) >= 11 is 0. The first-order chi connectivity index (χ1) is 19.3. The fourth-order valence-electron chi connectivity index (χ4n) is 6.21. The highest BCUT2D eigenvalue weighted by molar-refractivity contribution is 5.73. The Morgan fingerprint density at radius 2 is 1.73 bits per heavy atom. The van der Waals surface area contributed by atoms with E-state index in [1.807, 2.05) is 7.05 Å².